The lowest BCUT2D eigenvalue weighted by atomic mass is 10.0. The summed E-state index contributed by atoms with van der Waals surface area (Å²) in [5.41, 5.74) is 24.1. The number of primary amides is 1. The quantitative estimate of drug-likeness (QED) is 0.0213. The number of Topliss-reactive ketones (excluding diaryl/α,β-unsaturated/α-hetero) is 2. The molecule has 0 saturated carbocycles. The zero-order chi connectivity index (χ0) is 33.1. The Morgan fingerprint density at radius 3 is 2.00 bits per heavy atom. The fourth-order valence-electron chi connectivity index (χ4n) is 3.61. The van der Waals surface area contributed by atoms with Crippen LogP contribution in [0.2, 0.25) is 0 Å². The van der Waals surface area contributed by atoms with Crippen molar-refractivity contribution in [2.75, 3.05) is 19.7 Å². The highest BCUT2D eigenvalue weighted by Crippen LogP contribution is 2.08. The summed E-state index contributed by atoms with van der Waals surface area (Å²) in [5.74, 6) is -6.83. The number of carbonyl (C=O) groups excluding carboxylic acids is 6. The van der Waals surface area contributed by atoms with Gasteiger partial charge >= 0.3 is 5.97 Å². The Bertz CT molecular complexity index is 962. The molecule has 0 bridgehead atoms. The van der Waals surface area contributed by atoms with Gasteiger partial charge in [0.1, 0.15) is 24.4 Å². The second-order valence-corrected chi connectivity index (χ2v) is 10.3. The molecule has 0 aromatic heterocycles. The second-order valence-electron chi connectivity index (χ2n) is 10.3. The number of nitrogens with one attached hydrogen (secondary N) is 5. The van der Waals surface area contributed by atoms with Crippen LogP contribution in [0.4, 0.5) is 0 Å². The van der Waals surface area contributed by atoms with Gasteiger partial charge in [-0.3, -0.25) is 38.9 Å². The maximum atomic E-state index is 13.3. The Balaban J connectivity index is 5.68. The molecule has 0 rings (SSSR count). The van der Waals surface area contributed by atoms with E-state index in [1.807, 2.05) is 6.92 Å². The van der Waals surface area contributed by atoms with E-state index in [1.165, 1.54) is 0 Å². The molecule has 0 aromatic carbocycles. The van der Waals surface area contributed by atoms with Crippen molar-refractivity contribution in [1.29, 1.82) is 0 Å². The van der Waals surface area contributed by atoms with Gasteiger partial charge in [0.2, 0.25) is 35.2 Å². The van der Waals surface area contributed by atoms with Crippen LogP contribution in [0.25, 0.3) is 0 Å². The molecule has 0 aliphatic rings. The van der Waals surface area contributed by atoms with E-state index in [4.69, 9.17) is 32.9 Å². The third-order valence-corrected chi connectivity index (χ3v) is 5.71. The standard InChI is InChI=1S/C25H47N9O9/c1-4-8-43-34-17(11-19(27)36)24(42)33-16(9-13(2)3)23(41)32-15(6-5-7-30-25(28)29)22(40)31-12-18(35)21(39)14(26)10-20(37)38/h13-17,25,30,34H,4-12,26,28-29H2,1-3H3,(H2,27,36)(H,31,40)(H,32,41)(H,33,42)(H,37,38)/t14-,15-,16-,17-/m0/s1. The Morgan fingerprint density at radius 1 is 0.860 bits per heavy atom. The van der Waals surface area contributed by atoms with Crippen molar-refractivity contribution >= 4 is 41.2 Å². The van der Waals surface area contributed by atoms with E-state index in [-0.39, 0.29) is 31.9 Å². The van der Waals surface area contributed by atoms with Gasteiger partial charge in [-0.2, -0.15) is 5.48 Å². The zero-order valence-corrected chi connectivity index (χ0v) is 24.9. The number of aliphatic carboxylic acids is 1. The fraction of sp³-hybridized carbons (Fsp3) is 0.720. The first-order valence-corrected chi connectivity index (χ1v) is 13.9. The molecule has 4 amide bonds. The summed E-state index contributed by atoms with van der Waals surface area (Å²) in [6, 6.07) is -5.13. The molecule has 0 unspecified atom stereocenters. The molecule has 0 fully saturated rings. The average Bonchev–Trinajstić information content (AvgIpc) is 2.90. The van der Waals surface area contributed by atoms with Crippen LogP contribution in [-0.2, 0) is 38.4 Å². The summed E-state index contributed by atoms with van der Waals surface area (Å²) in [7, 11) is 0. The SMILES string of the molecule is CCCON[C@@H](CC(N)=O)C(=O)N[C@@H](CC(C)C)C(=O)N[C@@H](CCCNC(N)N)C(=O)NCC(=O)C(=O)[C@@H](N)CC(=O)O. The fourth-order valence-corrected chi connectivity index (χ4v) is 3.61. The molecule has 0 aliphatic heterocycles. The Kier molecular flexibility index (Phi) is 19.4. The van der Waals surface area contributed by atoms with E-state index in [1.54, 1.807) is 13.8 Å². The number of hydroxylamine groups is 1. The first-order valence-electron chi connectivity index (χ1n) is 13.9. The molecule has 43 heavy (non-hydrogen) atoms. The lowest BCUT2D eigenvalue weighted by Crippen LogP contribution is -2.57. The van der Waals surface area contributed by atoms with Crippen molar-refractivity contribution in [3.05, 3.63) is 0 Å². The second kappa shape index (κ2) is 21.2. The number of carboxylic acid groups (broad SMARTS) is 1. The first kappa shape index (κ1) is 39.5. The number of ketones is 2. The van der Waals surface area contributed by atoms with E-state index in [2.05, 4.69) is 26.7 Å². The summed E-state index contributed by atoms with van der Waals surface area (Å²) in [6.07, 6.45) is -0.886. The highest BCUT2D eigenvalue weighted by molar-refractivity contribution is 6.40. The summed E-state index contributed by atoms with van der Waals surface area (Å²) in [5, 5.41) is 18.9. The number of nitrogens with two attached hydrogens (primary N) is 4. The van der Waals surface area contributed by atoms with Gasteiger partial charge in [0, 0.05) is 0 Å². The maximum absolute atomic E-state index is 13.3. The Hall–Kier alpha value is -3.55. The van der Waals surface area contributed by atoms with Crippen LogP contribution in [0.1, 0.15) is 59.3 Å². The normalized spacial score (nSPS) is 14.0. The lowest BCUT2D eigenvalue weighted by molar-refractivity contribution is -0.142. The molecule has 4 atom stereocenters. The summed E-state index contributed by atoms with van der Waals surface area (Å²) in [6.45, 7) is 5.18. The first-order chi connectivity index (χ1) is 20.1. The maximum Gasteiger partial charge on any atom is 0.305 e. The molecule has 0 radical (unpaired) electrons. The van der Waals surface area contributed by atoms with Crippen molar-refractivity contribution in [1.82, 2.24) is 26.7 Å². The van der Waals surface area contributed by atoms with Crippen LogP contribution in [0, 0.1) is 5.92 Å². The van der Waals surface area contributed by atoms with Gasteiger partial charge in [-0.25, -0.2) is 0 Å². The van der Waals surface area contributed by atoms with Crippen LogP contribution in [0.15, 0.2) is 0 Å². The minimum atomic E-state index is -1.58. The molecule has 0 heterocycles. The van der Waals surface area contributed by atoms with Crippen molar-refractivity contribution in [3.63, 3.8) is 0 Å². The topological polar surface area (TPSA) is 313 Å². The van der Waals surface area contributed by atoms with Gasteiger partial charge in [0.05, 0.1) is 32.0 Å². The number of carbonyl (C=O) groups is 7. The number of hydrogen-bond donors (Lipinski definition) is 10. The highest BCUT2D eigenvalue weighted by atomic mass is 16.6. The van der Waals surface area contributed by atoms with Gasteiger partial charge in [0.25, 0.3) is 0 Å². The molecule has 18 heteroatoms. The zero-order valence-electron chi connectivity index (χ0n) is 24.9. The number of amides is 4. The van der Waals surface area contributed by atoms with E-state index < -0.39 is 91.0 Å². The summed E-state index contributed by atoms with van der Waals surface area (Å²) >= 11 is 0. The third-order valence-electron chi connectivity index (χ3n) is 5.71. The van der Waals surface area contributed by atoms with Gasteiger partial charge in [-0.15, -0.1) is 0 Å². The number of carboxylic acids is 1. The van der Waals surface area contributed by atoms with Crippen LogP contribution in [0.3, 0.4) is 0 Å². The Morgan fingerprint density at radius 2 is 1.47 bits per heavy atom. The minimum absolute atomic E-state index is 0.0387. The van der Waals surface area contributed by atoms with Crippen LogP contribution < -0.4 is 49.7 Å². The van der Waals surface area contributed by atoms with E-state index >= 15 is 0 Å². The minimum Gasteiger partial charge on any atom is -0.481 e. The van der Waals surface area contributed by atoms with Crippen molar-refractivity contribution in [3.8, 4) is 0 Å². The summed E-state index contributed by atoms with van der Waals surface area (Å²) in [4.78, 5) is 90.9. The van der Waals surface area contributed by atoms with Crippen LogP contribution in [-0.4, -0.2) is 96.4 Å². The molecular weight excluding hydrogens is 570 g/mol. The van der Waals surface area contributed by atoms with Gasteiger partial charge < -0.3 is 48.8 Å². The smallest absolute Gasteiger partial charge is 0.305 e. The largest absolute Gasteiger partial charge is 0.481 e. The Labute approximate surface area is 250 Å². The van der Waals surface area contributed by atoms with Crippen LogP contribution in [0.5, 0.6) is 0 Å². The predicted molar refractivity (Wildman–Crippen MR) is 153 cm³/mol. The average molecular weight is 618 g/mol. The van der Waals surface area contributed by atoms with Crippen molar-refractivity contribution in [2.45, 2.75) is 89.8 Å². The van der Waals surface area contributed by atoms with Gasteiger partial charge in [-0.1, -0.05) is 20.8 Å². The van der Waals surface area contributed by atoms with Crippen molar-refractivity contribution < 1.29 is 43.5 Å². The molecule has 0 aromatic rings. The number of rotatable bonds is 24. The van der Waals surface area contributed by atoms with Crippen LogP contribution >= 0.6 is 0 Å². The number of hydrogen-bond acceptors (Lipinski definition) is 13. The molecule has 0 aliphatic carbocycles. The molecule has 14 N–H and O–H groups in total. The van der Waals surface area contributed by atoms with E-state index in [9.17, 15) is 33.6 Å². The highest BCUT2D eigenvalue weighted by Gasteiger charge is 2.31. The third kappa shape index (κ3) is 17.9. The van der Waals surface area contributed by atoms with Gasteiger partial charge in [0.15, 0.2) is 0 Å². The molecule has 0 spiro atoms. The molecule has 18 nitrogen and oxygen atoms in total. The van der Waals surface area contributed by atoms with E-state index in [0.717, 1.165) is 0 Å². The predicted octanol–water partition coefficient (Wildman–Crippen LogP) is -4.20. The summed E-state index contributed by atoms with van der Waals surface area (Å²) < 4.78 is 0. The van der Waals surface area contributed by atoms with Gasteiger partial charge in [-0.05, 0) is 38.1 Å². The van der Waals surface area contributed by atoms with E-state index in [0.29, 0.717) is 12.8 Å². The lowest BCUT2D eigenvalue weighted by Gasteiger charge is -2.26. The van der Waals surface area contributed by atoms with Crippen molar-refractivity contribution in [2.24, 2.45) is 28.9 Å². The molecule has 0 saturated heterocycles. The molecular formula is C25H47N9O9. The monoisotopic (exact) mass is 617 g/mol. The molecule has 246 valence electrons.